The van der Waals surface area contributed by atoms with Gasteiger partial charge in [0, 0.05) is 17.8 Å². The first-order chi connectivity index (χ1) is 7.79. The molecule has 1 aromatic heterocycles. The molecule has 2 N–H and O–H groups in total. The molecule has 0 aliphatic heterocycles. The third kappa shape index (κ3) is 2.73. The Kier molecular flexibility index (Phi) is 3.78. The van der Waals surface area contributed by atoms with Gasteiger partial charge in [0.25, 0.3) is 0 Å². The summed E-state index contributed by atoms with van der Waals surface area (Å²) in [4.78, 5) is 4.38. The molecular formula is C13H20N2O. The Labute approximate surface area is 97.0 Å². The molecule has 0 atom stereocenters. The van der Waals surface area contributed by atoms with E-state index in [0.29, 0.717) is 6.54 Å². The standard InChI is InChI=1S/C13H20N2O/c1-10-5-6-12(9-14)13(15-10)16-8-7-11-3-2-4-11/h5-6,11H,2-4,7-9,14H2,1H3. The van der Waals surface area contributed by atoms with Crippen LogP contribution >= 0.6 is 0 Å². The van der Waals surface area contributed by atoms with E-state index in [9.17, 15) is 0 Å². The van der Waals surface area contributed by atoms with Crippen molar-refractivity contribution in [1.29, 1.82) is 0 Å². The van der Waals surface area contributed by atoms with E-state index in [1.54, 1.807) is 0 Å². The maximum atomic E-state index is 5.72. The molecule has 0 unspecified atom stereocenters. The van der Waals surface area contributed by atoms with Crippen LogP contribution in [0.3, 0.4) is 0 Å². The van der Waals surface area contributed by atoms with Crippen molar-refractivity contribution in [2.24, 2.45) is 11.7 Å². The van der Waals surface area contributed by atoms with Crippen LogP contribution in [0.1, 0.15) is 36.9 Å². The summed E-state index contributed by atoms with van der Waals surface area (Å²) in [7, 11) is 0. The number of rotatable bonds is 5. The lowest BCUT2D eigenvalue weighted by molar-refractivity contribution is 0.216. The second-order valence-corrected chi connectivity index (χ2v) is 4.56. The lowest BCUT2D eigenvalue weighted by atomic mass is 9.83. The van der Waals surface area contributed by atoms with Gasteiger partial charge in [-0.05, 0) is 25.3 Å². The van der Waals surface area contributed by atoms with E-state index in [0.717, 1.165) is 36.1 Å². The molecule has 2 rings (SSSR count). The molecular weight excluding hydrogens is 200 g/mol. The van der Waals surface area contributed by atoms with Crippen LogP contribution in [0.4, 0.5) is 0 Å². The van der Waals surface area contributed by atoms with Crippen LogP contribution in [0.2, 0.25) is 0 Å². The molecule has 0 bridgehead atoms. The molecule has 0 aromatic carbocycles. The lowest BCUT2D eigenvalue weighted by Crippen LogP contribution is -2.15. The molecule has 0 radical (unpaired) electrons. The van der Waals surface area contributed by atoms with Crippen LogP contribution < -0.4 is 10.5 Å². The van der Waals surface area contributed by atoms with Crippen molar-refractivity contribution >= 4 is 0 Å². The number of ether oxygens (including phenoxy) is 1. The van der Waals surface area contributed by atoms with Gasteiger partial charge >= 0.3 is 0 Å². The zero-order valence-electron chi connectivity index (χ0n) is 9.91. The highest BCUT2D eigenvalue weighted by atomic mass is 16.5. The molecule has 1 fully saturated rings. The Morgan fingerprint density at radius 2 is 2.25 bits per heavy atom. The van der Waals surface area contributed by atoms with Gasteiger partial charge in [0.05, 0.1) is 6.61 Å². The van der Waals surface area contributed by atoms with Gasteiger partial charge in [-0.2, -0.15) is 0 Å². The molecule has 16 heavy (non-hydrogen) atoms. The summed E-state index contributed by atoms with van der Waals surface area (Å²) in [5.74, 6) is 1.60. The molecule has 1 heterocycles. The summed E-state index contributed by atoms with van der Waals surface area (Å²) in [5, 5.41) is 0. The van der Waals surface area contributed by atoms with E-state index in [4.69, 9.17) is 10.5 Å². The third-order valence-corrected chi connectivity index (χ3v) is 3.29. The van der Waals surface area contributed by atoms with Crippen molar-refractivity contribution in [3.8, 4) is 5.88 Å². The van der Waals surface area contributed by atoms with Crippen LogP contribution in [0, 0.1) is 12.8 Å². The SMILES string of the molecule is Cc1ccc(CN)c(OCCC2CCC2)n1. The van der Waals surface area contributed by atoms with Gasteiger partial charge in [-0.3, -0.25) is 0 Å². The van der Waals surface area contributed by atoms with E-state index >= 15 is 0 Å². The number of aryl methyl sites for hydroxylation is 1. The minimum Gasteiger partial charge on any atom is -0.477 e. The molecule has 0 amide bonds. The average Bonchev–Trinajstić information content (AvgIpc) is 2.22. The van der Waals surface area contributed by atoms with E-state index < -0.39 is 0 Å². The summed E-state index contributed by atoms with van der Waals surface area (Å²) < 4.78 is 5.72. The zero-order valence-corrected chi connectivity index (χ0v) is 9.91. The molecule has 3 heteroatoms. The minimum atomic E-state index is 0.492. The first-order valence-corrected chi connectivity index (χ1v) is 6.09. The van der Waals surface area contributed by atoms with Gasteiger partial charge in [-0.1, -0.05) is 25.3 Å². The topological polar surface area (TPSA) is 48.1 Å². The molecule has 1 aliphatic carbocycles. The van der Waals surface area contributed by atoms with Crippen LogP contribution in [0.5, 0.6) is 5.88 Å². The van der Waals surface area contributed by atoms with Crippen molar-refractivity contribution < 1.29 is 4.74 Å². The Bertz CT molecular complexity index is 348. The van der Waals surface area contributed by atoms with Crippen LogP contribution in [-0.4, -0.2) is 11.6 Å². The van der Waals surface area contributed by atoms with Crippen molar-refractivity contribution in [2.45, 2.75) is 39.2 Å². The van der Waals surface area contributed by atoms with Crippen molar-refractivity contribution in [3.63, 3.8) is 0 Å². The van der Waals surface area contributed by atoms with Crippen LogP contribution in [0.15, 0.2) is 12.1 Å². The Morgan fingerprint density at radius 1 is 1.44 bits per heavy atom. The lowest BCUT2D eigenvalue weighted by Gasteiger charge is -2.25. The average molecular weight is 220 g/mol. The summed E-state index contributed by atoms with van der Waals surface area (Å²) in [6.07, 6.45) is 5.28. The maximum absolute atomic E-state index is 5.72. The van der Waals surface area contributed by atoms with Gasteiger partial charge in [0.1, 0.15) is 0 Å². The molecule has 88 valence electrons. The number of nitrogens with zero attached hydrogens (tertiary/aromatic N) is 1. The van der Waals surface area contributed by atoms with Gasteiger partial charge in [0.15, 0.2) is 0 Å². The summed E-state index contributed by atoms with van der Waals surface area (Å²) in [6.45, 7) is 3.24. The van der Waals surface area contributed by atoms with E-state index in [1.165, 1.54) is 19.3 Å². The Hall–Kier alpha value is -1.09. The Morgan fingerprint density at radius 3 is 2.88 bits per heavy atom. The first-order valence-electron chi connectivity index (χ1n) is 6.09. The van der Waals surface area contributed by atoms with Crippen molar-refractivity contribution in [3.05, 3.63) is 23.4 Å². The van der Waals surface area contributed by atoms with Gasteiger partial charge in [0.2, 0.25) is 5.88 Å². The van der Waals surface area contributed by atoms with Gasteiger partial charge in [-0.25, -0.2) is 4.98 Å². The fraction of sp³-hybridized carbons (Fsp3) is 0.615. The molecule has 0 saturated heterocycles. The minimum absolute atomic E-state index is 0.492. The number of pyridine rings is 1. The van der Waals surface area contributed by atoms with E-state index in [-0.39, 0.29) is 0 Å². The maximum Gasteiger partial charge on any atom is 0.218 e. The first kappa shape index (κ1) is 11.4. The van der Waals surface area contributed by atoms with E-state index in [2.05, 4.69) is 4.98 Å². The highest BCUT2D eigenvalue weighted by Crippen LogP contribution is 2.29. The highest BCUT2D eigenvalue weighted by molar-refractivity contribution is 5.27. The monoisotopic (exact) mass is 220 g/mol. The number of aromatic nitrogens is 1. The van der Waals surface area contributed by atoms with Crippen molar-refractivity contribution in [2.75, 3.05) is 6.61 Å². The number of nitrogens with two attached hydrogens (primary N) is 1. The van der Waals surface area contributed by atoms with Crippen LogP contribution in [-0.2, 0) is 6.54 Å². The molecule has 1 aliphatic rings. The third-order valence-electron chi connectivity index (χ3n) is 3.29. The predicted molar refractivity (Wildman–Crippen MR) is 64.3 cm³/mol. The Balaban J connectivity index is 1.88. The zero-order chi connectivity index (χ0) is 11.4. The number of hydrogen-bond donors (Lipinski definition) is 1. The molecule has 0 spiro atoms. The predicted octanol–water partition coefficient (Wildman–Crippen LogP) is 2.42. The fourth-order valence-corrected chi connectivity index (χ4v) is 1.95. The van der Waals surface area contributed by atoms with Gasteiger partial charge in [-0.15, -0.1) is 0 Å². The largest absolute Gasteiger partial charge is 0.477 e. The smallest absolute Gasteiger partial charge is 0.218 e. The quantitative estimate of drug-likeness (QED) is 0.829. The number of hydrogen-bond acceptors (Lipinski definition) is 3. The summed E-state index contributed by atoms with van der Waals surface area (Å²) >= 11 is 0. The second kappa shape index (κ2) is 5.30. The van der Waals surface area contributed by atoms with E-state index in [1.807, 2.05) is 19.1 Å². The molecule has 1 saturated carbocycles. The van der Waals surface area contributed by atoms with Crippen molar-refractivity contribution in [1.82, 2.24) is 4.98 Å². The molecule has 1 aromatic rings. The highest BCUT2D eigenvalue weighted by Gasteiger charge is 2.17. The molecule has 3 nitrogen and oxygen atoms in total. The fourth-order valence-electron chi connectivity index (χ4n) is 1.95. The van der Waals surface area contributed by atoms with Gasteiger partial charge < -0.3 is 10.5 Å². The van der Waals surface area contributed by atoms with Crippen LogP contribution in [0.25, 0.3) is 0 Å². The summed E-state index contributed by atoms with van der Waals surface area (Å²) in [5.41, 5.74) is 7.63. The second-order valence-electron chi connectivity index (χ2n) is 4.56. The summed E-state index contributed by atoms with van der Waals surface area (Å²) in [6, 6.07) is 3.97. The normalized spacial score (nSPS) is 15.9.